The van der Waals surface area contributed by atoms with Crippen molar-refractivity contribution in [3.05, 3.63) is 12.2 Å². The van der Waals surface area contributed by atoms with Gasteiger partial charge >= 0.3 is 0 Å². The fourth-order valence-corrected chi connectivity index (χ4v) is 4.99. The third-order valence-corrected chi connectivity index (χ3v) is 5.76. The minimum atomic E-state index is -3.25. The summed E-state index contributed by atoms with van der Waals surface area (Å²) in [5.74, 6) is -0.0112. The summed E-state index contributed by atoms with van der Waals surface area (Å²) in [6.07, 6.45) is 5.80. The highest BCUT2D eigenvalue weighted by molar-refractivity contribution is 7.88. The minimum absolute atomic E-state index is 0.205. The fraction of sp³-hybridized carbons (Fsp3) is 0.750. The van der Waals surface area contributed by atoms with Crippen molar-refractivity contribution in [2.45, 2.75) is 31.2 Å². The van der Waals surface area contributed by atoms with Crippen LogP contribution < -0.4 is 0 Å². The van der Waals surface area contributed by atoms with E-state index in [0.717, 1.165) is 25.7 Å². The second-order valence-electron chi connectivity index (χ2n) is 5.83. The molecule has 116 valence electrons. The van der Waals surface area contributed by atoms with Crippen molar-refractivity contribution in [2.75, 3.05) is 25.9 Å². The molecule has 1 atom stereocenters. The summed E-state index contributed by atoms with van der Waals surface area (Å²) in [6.45, 7) is 1.60. The Morgan fingerprint density at radius 2 is 2.05 bits per heavy atom. The second kappa shape index (κ2) is 5.06. The number of likely N-dealkylation sites (tertiary alicyclic amines) is 1. The Hall–Kier alpha value is -1.48. The lowest BCUT2D eigenvalue weighted by atomic mass is 9.87. The number of piperidine rings is 1. The number of hydrogen-bond donors (Lipinski definition) is 1. The van der Waals surface area contributed by atoms with Crippen LogP contribution in [0.5, 0.6) is 0 Å². The van der Waals surface area contributed by atoms with Crippen LogP contribution in [0.3, 0.4) is 0 Å². The number of nitrogens with one attached hydrogen (secondary N) is 1. The zero-order valence-electron chi connectivity index (χ0n) is 11.9. The molecule has 9 heteroatoms. The number of nitrogens with zero attached hydrogens (tertiary/aromatic N) is 4. The maximum absolute atomic E-state index is 12.4. The first kappa shape index (κ1) is 14.5. The van der Waals surface area contributed by atoms with Crippen molar-refractivity contribution in [1.29, 1.82) is 0 Å². The summed E-state index contributed by atoms with van der Waals surface area (Å²) in [7, 11) is -3.25. The fourth-order valence-electron chi connectivity index (χ4n) is 3.58. The lowest BCUT2D eigenvalue weighted by Crippen LogP contribution is -2.58. The number of aromatic amines is 1. The molecule has 0 radical (unpaired) electrons. The van der Waals surface area contributed by atoms with Gasteiger partial charge in [-0.1, -0.05) is 0 Å². The zero-order chi connectivity index (χ0) is 15.1. The van der Waals surface area contributed by atoms with Gasteiger partial charge in [-0.3, -0.25) is 9.89 Å². The Morgan fingerprint density at radius 3 is 2.67 bits per heavy atom. The van der Waals surface area contributed by atoms with Crippen LogP contribution in [0.1, 0.15) is 36.3 Å². The average molecular weight is 313 g/mol. The number of H-pyrrole nitrogens is 1. The third kappa shape index (κ3) is 2.55. The van der Waals surface area contributed by atoms with Gasteiger partial charge in [0.1, 0.15) is 6.33 Å². The first-order valence-corrected chi connectivity index (χ1v) is 8.90. The normalized spacial score (nSPS) is 27.4. The zero-order valence-corrected chi connectivity index (χ0v) is 12.8. The molecule has 1 amide bonds. The first-order chi connectivity index (χ1) is 9.92. The SMILES string of the molecule is CS(=O)(=O)N1CCC[C@@]12CCCN(C(=O)c1ncn[nH]1)C2. The lowest BCUT2D eigenvalue weighted by molar-refractivity contribution is 0.0514. The average Bonchev–Trinajstić information content (AvgIpc) is 3.07. The van der Waals surface area contributed by atoms with Gasteiger partial charge in [-0.25, -0.2) is 13.4 Å². The van der Waals surface area contributed by atoms with Gasteiger partial charge in [0.25, 0.3) is 5.91 Å². The van der Waals surface area contributed by atoms with Gasteiger partial charge in [-0.15, -0.1) is 0 Å². The van der Waals surface area contributed by atoms with Crippen LogP contribution in [0, 0.1) is 0 Å². The Balaban J connectivity index is 1.84. The number of carbonyl (C=O) groups is 1. The predicted octanol–water partition coefficient (Wildman–Crippen LogP) is -0.165. The van der Waals surface area contributed by atoms with Crippen LogP contribution in [0.2, 0.25) is 0 Å². The number of aromatic nitrogens is 3. The van der Waals surface area contributed by atoms with E-state index in [1.807, 2.05) is 0 Å². The summed E-state index contributed by atoms with van der Waals surface area (Å²) in [4.78, 5) is 18.0. The van der Waals surface area contributed by atoms with E-state index in [2.05, 4.69) is 15.2 Å². The molecule has 0 aromatic carbocycles. The molecular weight excluding hydrogens is 294 g/mol. The van der Waals surface area contributed by atoms with Crippen LogP contribution in [0.15, 0.2) is 6.33 Å². The molecular formula is C12H19N5O3S. The quantitative estimate of drug-likeness (QED) is 0.817. The third-order valence-electron chi connectivity index (χ3n) is 4.39. The van der Waals surface area contributed by atoms with Crippen molar-refractivity contribution in [3.63, 3.8) is 0 Å². The standard InChI is InChI=1S/C12H19N5O3S/c1-21(19,20)17-7-3-5-12(17)4-2-6-16(8-12)11(18)10-13-9-14-15-10/h9H,2-8H2,1H3,(H,13,14,15)/t12-/m1/s1. The van der Waals surface area contributed by atoms with Gasteiger partial charge in [-0.05, 0) is 25.7 Å². The Kier molecular flexibility index (Phi) is 3.48. The van der Waals surface area contributed by atoms with Gasteiger partial charge in [-0.2, -0.15) is 9.40 Å². The summed E-state index contributed by atoms with van der Waals surface area (Å²) < 4.78 is 25.6. The maximum Gasteiger partial charge on any atom is 0.291 e. The van der Waals surface area contributed by atoms with Crippen LogP contribution in [-0.2, 0) is 10.0 Å². The molecule has 21 heavy (non-hydrogen) atoms. The summed E-state index contributed by atoms with van der Waals surface area (Å²) in [5.41, 5.74) is -0.443. The van der Waals surface area contributed by atoms with Crippen molar-refractivity contribution in [3.8, 4) is 0 Å². The predicted molar refractivity (Wildman–Crippen MR) is 75.0 cm³/mol. The monoisotopic (exact) mass is 313 g/mol. The van der Waals surface area contributed by atoms with E-state index < -0.39 is 15.6 Å². The minimum Gasteiger partial charge on any atom is -0.334 e. The molecule has 1 N–H and O–H groups in total. The van der Waals surface area contributed by atoms with Crippen LogP contribution in [-0.4, -0.2) is 70.1 Å². The molecule has 3 rings (SSSR count). The van der Waals surface area contributed by atoms with E-state index in [1.165, 1.54) is 12.6 Å². The Labute approximate surface area is 123 Å². The van der Waals surface area contributed by atoms with E-state index >= 15 is 0 Å². The maximum atomic E-state index is 12.4. The van der Waals surface area contributed by atoms with Crippen molar-refractivity contribution in [2.24, 2.45) is 0 Å². The topological polar surface area (TPSA) is 99.3 Å². The molecule has 0 saturated carbocycles. The number of sulfonamides is 1. The summed E-state index contributed by atoms with van der Waals surface area (Å²) in [5, 5.41) is 6.26. The van der Waals surface area contributed by atoms with Gasteiger partial charge in [0.2, 0.25) is 15.8 Å². The molecule has 2 aliphatic heterocycles. The molecule has 1 spiro atoms. The first-order valence-electron chi connectivity index (χ1n) is 7.05. The highest BCUT2D eigenvalue weighted by atomic mass is 32.2. The molecule has 0 unspecified atom stereocenters. The smallest absolute Gasteiger partial charge is 0.291 e. The number of amides is 1. The van der Waals surface area contributed by atoms with E-state index in [4.69, 9.17) is 0 Å². The highest BCUT2D eigenvalue weighted by Gasteiger charge is 2.48. The largest absolute Gasteiger partial charge is 0.334 e. The Morgan fingerprint density at radius 1 is 1.33 bits per heavy atom. The molecule has 0 aliphatic carbocycles. The van der Waals surface area contributed by atoms with Gasteiger partial charge in [0, 0.05) is 19.6 Å². The van der Waals surface area contributed by atoms with Gasteiger partial charge < -0.3 is 4.90 Å². The van der Waals surface area contributed by atoms with Crippen LogP contribution in [0.4, 0.5) is 0 Å². The molecule has 1 aromatic heterocycles. The molecule has 0 bridgehead atoms. The number of hydrogen-bond acceptors (Lipinski definition) is 5. The number of rotatable bonds is 2. The molecule has 3 heterocycles. The summed E-state index contributed by atoms with van der Waals surface area (Å²) in [6, 6.07) is 0. The lowest BCUT2D eigenvalue weighted by Gasteiger charge is -2.44. The van der Waals surface area contributed by atoms with E-state index in [-0.39, 0.29) is 11.7 Å². The molecule has 1 aromatic rings. The van der Waals surface area contributed by atoms with Gasteiger partial charge in [0.05, 0.1) is 11.8 Å². The second-order valence-corrected chi connectivity index (χ2v) is 7.73. The molecule has 2 saturated heterocycles. The van der Waals surface area contributed by atoms with Crippen molar-refractivity contribution >= 4 is 15.9 Å². The van der Waals surface area contributed by atoms with Gasteiger partial charge in [0.15, 0.2) is 0 Å². The molecule has 2 fully saturated rings. The van der Waals surface area contributed by atoms with Crippen molar-refractivity contribution in [1.82, 2.24) is 24.4 Å². The van der Waals surface area contributed by atoms with Crippen LogP contribution >= 0.6 is 0 Å². The molecule has 8 nitrogen and oxygen atoms in total. The highest BCUT2D eigenvalue weighted by Crippen LogP contribution is 2.38. The Bertz CT molecular complexity index is 629. The molecule has 2 aliphatic rings. The summed E-state index contributed by atoms with van der Waals surface area (Å²) >= 11 is 0. The number of carbonyl (C=O) groups excluding carboxylic acids is 1. The van der Waals surface area contributed by atoms with Crippen molar-refractivity contribution < 1.29 is 13.2 Å². The van der Waals surface area contributed by atoms with E-state index in [0.29, 0.717) is 19.6 Å². The van der Waals surface area contributed by atoms with Crippen LogP contribution in [0.25, 0.3) is 0 Å². The van der Waals surface area contributed by atoms with E-state index in [9.17, 15) is 13.2 Å². The van der Waals surface area contributed by atoms with E-state index in [1.54, 1.807) is 9.21 Å².